The van der Waals surface area contributed by atoms with Crippen molar-refractivity contribution in [1.29, 1.82) is 0 Å². The van der Waals surface area contributed by atoms with Crippen LogP contribution in [0.3, 0.4) is 0 Å². The molecule has 1 atom stereocenters. The van der Waals surface area contributed by atoms with Crippen LogP contribution in [-0.4, -0.2) is 49.8 Å². The van der Waals surface area contributed by atoms with Gasteiger partial charge in [0.25, 0.3) is 11.5 Å². The summed E-state index contributed by atoms with van der Waals surface area (Å²) in [4.78, 5) is 43.2. The largest absolute Gasteiger partial charge is 0.506 e. The van der Waals surface area contributed by atoms with Gasteiger partial charge in [0.2, 0.25) is 5.95 Å². The summed E-state index contributed by atoms with van der Waals surface area (Å²) in [6.07, 6.45) is 8.10. The second-order valence-corrected chi connectivity index (χ2v) is 14.0. The molecule has 3 aromatic heterocycles. The number of imidazole rings is 1. The number of piperidine rings is 1. The first-order chi connectivity index (χ1) is 24.1. The summed E-state index contributed by atoms with van der Waals surface area (Å²) in [6.45, 7) is 6.89. The number of para-hydroxylation sites is 1. The van der Waals surface area contributed by atoms with Gasteiger partial charge in [-0.25, -0.2) is 9.98 Å². The van der Waals surface area contributed by atoms with Crippen molar-refractivity contribution in [2.75, 3.05) is 23.7 Å². The fourth-order valence-corrected chi connectivity index (χ4v) is 8.46. The lowest BCUT2D eigenvalue weighted by Crippen LogP contribution is -2.45. The first-order valence-corrected chi connectivity index (χ1v) is 17.3. The molecule has 1 saturated heterocycles. The third-order valence-corrected chi connectivity index (χ3v) is 11.7. The van der Waals surface area contributed by atoms with E-state index in [0.29, 0.717) is 32.3 Å². The first kappa shape index (κ1) is 33.4. The minimum atomic E-state index is -0.887. The van der Waals surface area contributed by atoms with Crippen LogP contribution in [0.25, 0.3) is 16.6 Å². The molecule has 1 fully saturated rings. The van der Waals surface area contributed by atoms with Crippen LogP contribution in [0.1, 0.15) is 47.3 Å². The maximum absolute atomic E-state index is 13.4. The number of allylic oxidation sites excluding steroid dienone is 2. The highest BCUT2D eigenvalue weighted by molar-refractivity contribution is 8.03. The van der Waals surface area contributed by atoms with E-state index >= 15 is 0 Å². The average molecular weight is 710 g/mol. The molecule has 1 unspecified atom stereocenters. The minimum absolute atomic E-state index is 0.00586. The molecule has 14 heteroatoms. The van der Waals surface area contributed by atoms with E-state index < -0.39 is 22.8 Å². The van der Waals surface area contributed by atoms with Gasteiger partial charge in [-0.3, -0.25) is 14.0 Å². The number of amides is 1. The number of anilines is 2. The maximum Gasteiger partial charge on any atom is 0.267 e. The zero-order valence-electron chi connectivity index (χ0n) is 27.6. The van der Waals surface area contributed by atoms with Gasteiger partial charge in [-0.1, -0.05) is 65.8 Å². The Morgan fingerprint density at radius 3 is 2.64 bits per heavy atom. The molecule has 7 rings (SSSR count). The molecule has 0 bridgehead atoms. The van der Waals surface area contributed by atoms with E-state index in [0.717, 1.165) is 32.4 Å². The topological polar surface area (TPSA) is 169 Å². The quantitative estimate of drug-likeness (QED) is 0.100. The number of benzene rings is 2. The minimum Gasteiger partial charge on any atom is -0.506 e. The van der Waals surface area contributed by atoms with Crippen molar-refractivity contribution in [3.63, 3.8) is 0 Å². The number of aliphatic imine (C=N–C) groups is 1. The molecule has 2 aromatic carbocycles. The van der Waals surface area contributed by atoms with Crippen molar-refractivity contribution in [2.45, 2.75) is 37.1 Å². The van der Waals surface area contributed by atoms with E-state index in [1.807, 2.05) is 10.6 Å². The van der Waals surface area contributed by atoms with Crippen LogP contribution >= 0.6 is 23.4 Å². The molecule has 12 nitrogen and oxygen atoms in total. The van der Waals surface area contributed by atoms with Crippen molar-refractivity contribution in [2.24, 2.45) is 23.2 Å². The van der Waals surface area contributed by atoms with Gasteiger partial charge in [-0.15, -0.1) is 0 Å². The molecular weight excluding hydrogens is 674 g/mol. The van der Waals surface area contributed by atoms with Crippen LogP contribution in [0.4, 0.5) is 11.8 Å². The third kappa shape index (κ3) is 5.42. The molecule has 2 aliphatic rings. The summed E-state index contributed by atoms with van der Waals surface area (Å²) >= 11 is 8.03. The molecule has 1 aliphatic heterocycles. The average Bonchev–Trinajstić information content (AvgIpc) is 3.72. The van der Waals surface area contributed by atoms with E-state index in [-0.39, 0.29) is 28.1 Å². The number of nitrogens with one attached hydrogen (secondary N) is 1. The Labute approximate surface area is 297 Å². The summed E-state index contributed by atoms with van der Waals surface area (Å²) < 4.78 is 3.21. The number of carbonyl (C=O) groups excluding carboxylic acids is 1. The number of aryl methyl sites for hydroxylation is 1. The number of fused-ring (bicyclic) bond motifs is 3. The molecule has 1 spiro atoms. The van der Waals surface area contributed by atoms with Gasteiger partial charge in [0.15, 0.2) is 11.5 Å². The van der Waals surface area contributed by atoms with Crippen LogP contribution in [0.15, 0.2) is 97.4 Å². The number of nitrogen functional groups attached to an aromatic ring is 1. The lowest BCUT2D eigenvalue weighted by atomic mass is 9.73. The van der Waals surface area contributed by atoms with Gasteiger partial charge in [-0.2, -0.15) is 4.98 Å². The highest BCUT2D eigenvalue weighted by atomic mass is 35.5. The zero-order valence-corrected chi connectivity index (χ0v) is 29.1. The third-order valence-electron chi connectivity index (χ3n) is 9.94. The number of carbonyl (C=O) groups is 1. The lowest BCUT2D eigenvalue weighted by molar-refractivity contribution is 0.0961. The van der Waals surface area contributed by atoms with Crippen molar-refractivity contribution >= 4 is 64.3 Å². The Bertz CT molecular complexity index is 2320. The van der Waals surface area contributed by atoms with Crippen LogP contribution in [0, 0.1) is 5.41 Å². The van der Waals surface area contributed by atoms with E-state index in [9.17, 15) is 14.7 Å². The van der Waals surface area contributed by atoms with Crippen molar-refractivity contribution in [3.8, 4) is 5.75 Å². The fraction of sp³-hybridized carbons (Fsp3) is 0.250. The molecule has 4 heterocycles. The highest BCUT2D eigenvalue weighted by Crippen LogP contribution is 2.51. The number of pyridine rings is 1. The number of rotatable bonds is 7. The summed E-state index contributed by atoms with van der Waals surface area (Å²) in [5.41, 5.74) is 16.0. The fourth-order valence-electron chi connectivity index (χ4n) is 7.21. The molecule has 5 aromatic rings. The van der Waals surface area contributed by atoms with Crippen LogP contribution in [-0.2, 0) is 13.5 Å². The Balaban J connectivity index is 1.14. The monoisotopic (exact) mass is 709 g/mol. The van der Waals surface area contributed by atoms with E-state index in [1.54, 1.807) is 43.5 Å². The lowest BCUT2D eigenvalue weighted by Gasteiger charge is -2.42. The Kier molecular flexibility index (Phi) is 8.66. The predicted octanol–water partition coefficient (Wildman–Crippen LogP) is 5.25. The molecular formula is C36H36ClN9O3S. The number of nitrogens with zero attached hydrogens (tertiary/aromatic N) is 6. The standard InChI is InChI=1S/C36H36ClN9O3S/c1-4-24(26(37)31(40-2)43-33(48)25-27(47)22-11-7-8-12-23(22)44(3)34(25)49)50-28-30(39)42-35(46-18-15-41-32(28)46)45-16-13-36(14-17-45)19-20-9-5-6-10-21(20)29(36)38/h4-12,15,18,29,47H,2,13-14,16-17,19,38-39H2,1,3H3,(H,43,48)/b24-4+,31-26-. The highest BCUT2D eigenvalue weighted by Gasteiger charge is 2.46. The van der Waals surface area contributed by atoms with Crippen LogP contribution in [0.5, 0.6) is 5.75 Å². The summed E-state index contributed by atoms with van der Waals surface area (Å²) in [7, 11) is 1.52. The molecule has 1 amide bonds. The molecule has 256 valence electrons. The van der Waals surface area contributed by atoms with Gasteiger partial charge in [-0.05, 0) is 61.6 Å². The normalized spacial score (nSPS) is 17.6. The van der Waals surface area contributed by atoms with Gasteiger partial charge in [0, 0.05) is 48.9 Å². The molecule has 50 heavy (non-hydrogen) atoms. The van der Waals surface area contributed by atoms with Crippen molar-refractivity contribution in [1.82, 2.24) is 24.3 Å². The second kappa shape index (κ2) is 13.0. The second-order valence-electron chi connectivity index (χ2n) is 12.6. The smallest absolute Gasteiger partial charge is 0.267 e. The number of hydrogen-bond donors (Lipinski definition) is 4. The number of aromatic nitrogens is 4. The molecule has 0 radical (unpaired) electrons. The van der Waals surface area contributed by atoms with Crippen LogP contribution < -0.4 is 27.2 Å². The van der Waals surface area contributed by atoms with Crippen LogP contribution in [0.2, 0.25) is 0 Å². The first-order valence-electron chi connectivity index (χ1n) is 16.1. The van der Waals surface area contributed by atoms with E-state index in [1.165, 1.54) is 34.5 Å². The summed E-state index contributed by atoms with van der Waals surface area (Å²) in [6, 6.07) is 15.2. The van der Waals surface area contributed by atoms with Gasteiger partial charge in [0.05, 0.1) is 15.4 Å². The molecule has 6 N–H and O–H groups in total. The van der Waals surface area contributed by atoms with Crippen molar-refractivity contribution < 1.29 is 9.90 Å². The molecule has 1 aliphatic carbocycles. The maximum atomic E-state index is 13.4. The zero-order chi connectivity index (χ0) is 35.3. The summed E-state index contributed by atoms with van der Waals surface area (Å²) in [5.74, 6) is -0.480. The number of aromatic hydroxyl groups is 1. The Morgan fingerprint density at radius 2 is 1.92 bits per heavy atom. The predicted molar refractivity (Wildman–Crippen MR) is 199 cm³/mol. The van der Waals surface area contributed by atoms with Gasteiger partial charge < -0.3 is 31.4 Å². The van der Waals surface area contributed by atoms with Crippen molar-refractivity contribution in [3.05, 3.63) is 110 Å². The summed E-state index contributed by atoms with van der Waals surface area (Å²) in [5, 5.41) is 13.8. The Hall–Kier alpha value is -5.11. The number of hydrogen-bond acceptors (Lipinski definition) is 10. The van der Waals surface area contributed by atoms with E-state index in [2.05, 4.69) is 51.2 Å². The number of nitrogens with two attached hydrogens (primary N) is 2. The number of halogens is 1. The SMILES string of the molecule is C=N/C(NC(=O)c1c(O)c2ccccc2n(C)c1=O)=C(Cl)\C(=C/C)Sc1c(N)nc(N2CCC3(CC2)Cc2ccccc2C3N)n2ccnc12. The number of thioether (sulfide) groups is 1. The Morgan fingerprint density at radius 1 is 1.20 bits per heavy atom. The van der Waals surface area contributed by atoms with Gasteiger partial charge in [0.1, 0.15) is 17.1 Å². The molecule has 0 saturated carbocycles. The van der Waals surface area contributed by atoms with E-state index in [4.69, 9.17) is 28.1 Å². The van der Waals surface area contributed by atoms with Gasteiger partial charge >= 0.3 is 0 Å².